The van der Waals surface area contributed by atoms with Gasteiger partial charge in [-0.25, -0.2) is 0 Å². The van der Waals surface area contributed by atoms with E-state index < -0.39 is 28.1 Å². The number of amides is 2. The van der Waals surface area contributed by atoms with Crippen LogP contribution in [0.4, 0.5) is 5.69 Å². The molecule has 2 bridgehead atoms. The van der Waals surface area contributed by atoms with Crippen molar-refractivity contribution in [1.82, 2.24) is 10.2 Å². The molecular formula is C26H28N3O4-. The Kier molecular flexibility index (Phi) is 3.25. The molecule has 2 amide bonds. The van der Waals surface area contributed by atoms with Crippen molar-refractivity contribution in [2.45, 2.75) is 69.7 Å². The van der Waals surface area contributed by atoms with E-state index in [1.165, 1.54) is 0 Å². The second-order valence-corrected chi connectivity index (χ2v) is 11.7. The molecule has 2 spiro atoms. The van der Waals surface area contributed by atoms with Crippen LogP contribution in [0.1, 0.15) is 58.1 Å². The molecule has 1 aromatic rings. The highest BCUT2D eigenvalue weighted by atomic mass is 16.5. The zero-order valence-electron chi connectivity index (χ0n) is 19.4. The Labute approximate surface area is 193 Å². The smallest absolute Gasteiger partial charge is 0.253 e. The van der Waals surface area contributed by atoms with Crippen LogP contribution in [0.2, 0.25) is 0 Å². The first-order valence-corrected chi connectivity index (χ1v) is 11.9. The molecule has 0 aromatic heterocycles. The van der Waals surface area contributed by atoms with E-state index in [1.807, 2.05) is 49.1 Å². The van der Waals surface area contributed by atoms with Gasteiger partial charge in [0.15, 0.2) is 0 Å². The monoisotopic (exact) mass is 446 g/mol. The van der Waals surface area contributed by atoms with Crippen LogP contribution in [0.15, 0.2) is 24.3 Å². The molecule has 4 unspecified atom stereocenters. The first-order valence-electron chi connectivity index (χ1n) is 11.9. The second-order valence-electron chi connectivity index (χ2n) is 11.7. The number of piperidine rings is 2. The fourth-order valence-corrected chi connectivity index (χ4v) is 7.69. The number of anilines is 1. The largest absolute Gasteiger partial charge is 0.758 e. The Hall–Kier alpha value is -2.80. The highest BCUT2D eigenvalue weighted by Gasteiger charge is 2.73. The molecule has 33 heavy (non-hydrogen) atoms. The minimum absolute atomic E-state index is 0.0105. The Balaban J connectivity index is 1.46. The number of carbonyl (C=O) groups excluding carboxylic acids is 2. The zero-order chi connectivity index (χ0) is 23.1. The zero-order valence-corrected chi connectivity index (χ0v) is 19.4. The molecule has 0 radical (unpaired) electrons. The van der Waals surface area contributed by atoms with Gasteiger partial charge < -0.3 is 25.2 Å². The SMILES string of the molecule is CC1(C)C=Cc2c(ccc3c2N([O-])C2C3=CC34NC(=O)C5(CCCN5C3=O)CC4C2(C)C)O1. The van der Waals surface area contributed by atoms with Gasteiger partial charge in [-0.15, -0.1) is 0 Å². The Morgan fingerprint density at radius 1 is 1.18 bits per heavy atom. The topological polar surface area (TPSA) is 84.9 Å². The molecule has 7 aliphatic rings. The molecule has 1 aliphatic carbocycles. The van der Waals surface area contributed by atoms with Crippen molar-refractivity contribution in [2.75, 3.05) is 11.6 Å². The standard InChI is InChI=1S/C26H28N3O4/c1-23(2)10-8-15-17(33-23)7-6-14-16-12-26-18(24(3,4)20(16)29(32)19(14)15)13-25(21(30)27-26)9-5-11-28(25)22(26)31/h6-8,10,12,18,20H,5,9,11,13H2,1-4H3,(H,27,30)/q-1. The van der Waals surface area contributed by atoms with Crippen LogP contribution in [-0.2, 0) is 9.59 Å². The summed E-state index contributed by atoms with van der Waals surface area (Å²) in [4.78, 5) is 29.0. The van der Waals surface area contributed by atoms with E-state index in [1.54, 1.807) is 0 Å². The van der Waals surface area contributed by atoms with Crippen LogP contribution in [0.5, 0.6) is 5.75 Å². The molecule has 6 aliphatic heterocycles. The lowest BCUT2D eigenvalue weighted by Gasteiger charge is -2.65. The van der Waals surface area contributed by atoms with Gasteiger partial charge in [0, 0.05) is 35.3 Å². The fraction of sp³-hybridized carbons (Fsp3) is 0.538. The quantitative estimate of drug-likeness (QED) is 0.661. The van der Waals surface area contributed by atoms with Gasteiger partial charge in [-0.3, -0.25) is 9.59 Å². The maximum atomic E-state index is 13.9. The van der Waals surface area contributed by atoms with Gasteiger partial charge in [0.2, 0.25) is 5.91 Å². The molecule has 4 atom stereocenters. The molecule has 1 aromatic carbocycles. The summed E-state index contributed by atoms with van der Waals surface area (Å²) in [7, 11) is 0. The summed E-state index contributed by atoms with van der Waals surface area (Å²) < 4.78 is 6.13. The highest BCUT2D eigenvalue weighted by molar-refractivity contribution is 6.09. The Bertz CT molecular complexity index is 1230. The number of carbonyl (C=O) groups is 2. The molecule has 6 heterocycles. The maximum absolute atomic E-state index is 13.9. The summed E-state index contributed by atoms with van der Waals surface area (Å²) in [6, 6.07) is 3.43. The number of hydrogen-bond donors (Lipinski definition) is 1. The van der Waals surface area contributed by atoms with Gasteiger partial charge in [0.25, 0.3) is 5.91 Å². The predicted octanol–water partition coefficient (Wildman–Crippen LogP) is 3.23. The molecule has 8 rings (SSSR count). The summed E-state index contributed by atoms with van der Waals surface area (Å²) in [5.41, 5.74) is 0.239. The van der Waals surface area contributed by atoms with Gasteiger partial charge >= 0.3 is 0 Å². The van der Waals surface area contributed by atoms with E-state index in [2.05, 4.69) is 19.2 Å². The average molecular weight is 447 g/mol. The summed E-state index contributed by atoms with van der Waals surface area (Å²) in [6.45, 7) is 8.78. The van der Waals surface area contributed by atoms with Crippen LogP contribution >= 0.6 is 0 Å². The van der Waals surface area contributed by atoms with Crippen LogP contribution in [0.3, 0.4) is 0 Å². The lowest BCUT2D eigenvalue weighted by molar-refractivity contribution is -0.177. The minimum atomic E-state index is -1.09. The van der Waals surface area contributed by atoms with Crippen LogP contribution in [0.25, 0.3) is 11.6 Å². The molecule has 7 nitrogen and oxygen atoms in total. The van der Waals surface area contributed by atoms with Gasteiger partial charge in [-0.2, -0.15) is 0 Å². The Morgan fingerprint density at radius 2 is 1.97 bits per heavy atom. The maximum Gasteiger partial charge on any atom is 0.253 e. The second kappa shape index (κ2) is 5.46. The lowest BCUT2D eigenvalue weighted by atomic mass is 9.51. The van der Waals surface area contributed by atoms with Gasteiger partial charge in [-0.1, -0.05) is 13.8 Å². The van der Waals surface area contributed by atoms with Crippen molar-refractivity contribution in [3.8, 4) is 5.75 Å². The predicted molar refractivity (Wildman–Crippen MR) is 124 cm³/mol. The van der Waals surface area contributed by atoms with E-state index in [0.29, 0.717) is 30.8 Å². The minimum Gasteiger partial charge on any atom is -0.758 e. The van der Waals surface area contributed by atoms with Crippen molar-refractivity contribution in [2.24, 2.45) is 11.3 Å². The molecule has 7 heteroatoms. The number of nitrogens with zero attached hydrogens (tertiary/aromatic N) is 2. The van der Waals surface area contributed by atoms with Crippen LogP contribution < -0.4 is 15.1 Å². The van der Waals surface area contributed by atoms with Crippen LogP contribution in [-0.4, -0.2) is 46.0 Å². The van der Waals surface area contributed by atoms with Gasteiger partial charge in [-0.05, 0) is 74.5 Å². The van der Waals surface area contributed by atoms with Crippen molar-refractivity contribution in [1.29, 1.82) is 0 Å². The number of rotatable bonds is 0. The van der Waals surface area contributed by atoms with E-state index in [4.69, 9.17) is 4.74 Å². The van der Waals surface area contributed by atoms with Gasteiger partial charge in [0.05, 0.1) is 0 Å². The Morgan fingerprint density at radius 3 is 2.76 bits per heavy atom. The fourth-order valence-electron chi connectivity index (χ4n) is 7.69. The average Bonchev–Trinajstić information content (AvgIpc) is 3.29. The van der Waals surface area contributed by atoms with Crippen molar-refractivity contribution < 1.29 is 14.3 Å². The number of hydrogen-bond acceptors (Lipinski definition) is 5. The van der Waals surface area contributed by atoms with Crippen molar-refractivity contribution in [3.63, 3.8) is 0 Å². The molecule has 4 saturated heterocycles. The summed E-state index contributed by atoms with van der Waals surface area (Å²) in [5.74, 6) is 0.497. The van der Waals surface area contributed by atoms with E-state index in [9.17, 15) is 14.8 Å². The highest BCUT2D eigenvalue weighted by Crippen LogP contribution is 2.63. The van der Waals surface area contributed by atoms with E-state index in [0.717, 1.165) is 28.2 Å². The van der Waals surface area contributed by atoms with Crippen molar-refractivity contribution >= 4 is 29.2 Å². The van der Waals surface area contributed by atoms with E-state index >= 15 is 0 Å². The number of hydroxylamine groups is 1. The van der Waals surface area contributed by atoms with E-state index in [-0.39, 0.29) is 17.7 Å². The lowest BCUT2D eigenvalue weighted by Crippen LogP contribution is -2.83. The van der Waals surface area contributed by atoms with Gasteiger partial charge in [0.1, 0.15) is 22.4 Å². The normalized spacial score (nSPS) is 38.0. The summed E-state index contributed by atoms with van der Waals surface area (Å²) >= 11 is 0. The molecule has 0 saturated carbocycles. The first kappa shape index (κ1) is 19.6. The van der Waals surface area contributed by atoms with Crippen LogP contribution in [0, 0.1) is 16.5 Å². The number of nitrogens with one attached hydrogen (secondary N) is 1. The van der Waals surface area contributed by atoms with Crippen molar-refractivity contribution in [3.05, 3.63) is 40.6 Å². The number of benzene rings is 1. The number of piperazine rings is 1. The molecule has 1 N–H and O–H groups in total. The number of fused-ring (bicyclic) bond motifs is 6. The third-order valence-corrected chi connectivity index (χ3v) is 9.17. The summed E-state index contributed by atoms with van der Waals surface area (Å²) in [6.07, 6.45) is 8.02. The molecule has 172 valence electrons. The first-order chi connectivity index (χ1) is 15.5. The third kappa shape index (κ3) is 2.03. The molecular weight excluding hydrogens is 418 g/mol. The number of ether oxygens (including phenoxy) is 1. The molecule has 4 fully saturated rings. The summed E-state index contributed by atoms with van der Waals surface area (Å²) in [5, 5.41) is 18.2. The third-order valence-electron chi connectivity index (χ3n) is 9.17.